The second-order valence-electron chi connectivity index (χ2n) is 11.2. The Morgan fingerprint density at radius 2 is 1.68 bits per heavy atom. The second kappa shape index (κ2) is 11.9. The topological polar surface area (TPSA) is 82.3 Å². The average Bonchev–Trinajstić information content (AvgIpc) is 3.38. The molecular formula is C34H37N5O2. The number of hydrogen-bond donors (Lipinski definition) is 3. The van der Waals surface area contributed by atoms with E-state index in [1.54, 1.807) is 0 Å². The zero-order chi connectivity index (χ0) is 28.2. The minimum Gasteiger partial charge on any atom is -0.489 e. The number of benzene rings is 3. The quantitative estimate of drug-likeness (QED) is 0.198. The summed E-state index contributed by atoms with van der Waals surface area (Å²) in [4.78, 5) is 23.3. The van der Waals surface area contributed by atoms with Gasteiger partial charge in [0.15, 0.2) is 0 Å². The molecule has 0 radical (unpaired) electrons. The van der Waals surface area contributed by atoms with Crippen molar-refractivity contribution in [2.75, 3.05) is 24.3 Å². The van der Waals surface area contributed by atoms with Crippen LogP contribution >= 0.6 is 0 Å². The minimum absolute atomic E-state index is 0.0599. The third-order valence-electron chi connectivity index (χ3n) is 7.96. The van der Waals surface area contributed by atoms with Crippen LogP contribution in [0.3, 0.4) is 0 Å². The third-order valence-corrected chi connectivity index (χ3v) is 7.96. The number of pyridine rings is 1. The SMILES string of the molecule is CN(C)c1cc(NC2CCC(NC(=O)Cc3c[nH]c4ccc(OCc5ccccc5)cc34)CC2)nc2ccccc12. The zero-order valence-corrected chi connectivity index (χ0v) is 23.7. The van der Waals surface area contributed by atoms with E-state index in [-0.39, 0.29) is 11.9 Å². The maximum absolute atomic E-state index is 13.0. The van der Waals surface area contributed by atoms with E-state index in [0.29, 0.717) is 19.1 Å². The van der Waals surface area contributed by atoms with Crippen LogP contribution in [-0.2, 0) is 17.8 Å². The lowest BCUT2D eigenvalue weighted by molar-refractivity contribution is -0.121. The first kappa shape index (κ1) is 26.7. The van der Waals surface area contributed by atoms with E-state index in [9.17, 15) is 4.79 Å². The first-order chi connectivity index (χ1) is 20.0. The van der Waals surface area contributed by atoms with Crippen LogP contribution < -0.4 is 20.3 Å². The molecule has 5 aromatic rings. The number of carbonyl (C=O) groups is 1. The van der Waals surface area contributed by atoms with E-state index >= 15 is 0 Å². The zero-order valence-electron chi connectivity index (χ0n) is 23.7. The Morgan fingerprint density at radius 1 is 0.927 bits per heavy atom. The number of carbonyl (C=O) groups excluding carboxylic acids is 1. The molecule has 0 aliphatic heterocycles. The van der Waals surface area contributed by atoms with Crippen LogP contribution in [0.1, 0.15) is 36.8 Å². The molecule has 7 heteroatoms. The molecular weight excluding hydrogens is 510 g/mol. The van der Waals surface area contributed by atoms with Gasteiger partial charge in [0.25, 0.3) is 0 Å². The number of nitrogens with zero attached hydrogens (tertiary/aromatic N) is 2. The van der Waals surface area contributed by atoms with Crippen molar-refractivity contribution in [1.82, 2.24) is 15.3 Å². The molecule has 1 amide bonds. The van der Waals surface area contributed by atoms with Gasteiger partial charge in [-0.3, -0.25) is 4.79 Å². The van der Waals surface area contributed by atoms with E-state index in [1.807, 2.05) is 48.7 Å². The molecule has 0 spiro atoms. The highest BCUT2D eigenvalue weighted by molar-refractivity contribution is 5.93. The number of fused-ring (bicyclic) bond motifs is 2. The Hall–Kier alpha value is -4.52. The highest BCUT2D eigenvalue weighted by Gasteiger charge is 2.23. The molecule has 1 saturated carbocycles. The fourth-order valence-corrected chi connectivity index (χ4v) is 5.78. The number of ether oxygens (including phenoxy) is 1. The summed E-state index contributed by atoms with van der Waals surface area (Å²) in [6, 6.07) is 27.1. The predicted octanol–water partition coefficient (Wildman–Crippen LogP) is 6.44. The van der Waals surface area contributed by atoms with E-state index in [2.05, 4.69) is 71.0 Å². The van der Waals surface area contributed by atoms with Crippen LogP contribution in [0.15, 0.2) is 85.1 Å². The molecule has 3 N–H and O–H groups in total. The molecule has 3 aromatic carbocycles. The van der Waals surface area contributed by atoms with E-state index in [1.165, 1.54) is 0 Å². The molecule has 1 aliphatic rings. The second-order valence-corrected chi connectivity index (χ2v) is 11.2. The highest BCUT2D eigenvalue weighted by Crippen LogP contribution is 2.30. The van der Waals surface area contributed by atoms with Gasteiger partial charge in [0.2, 0.25) is 5.91 Å². The van der Waals surface area contributed by atoms with Crippen LogP contribution in [0.25, 0.3) is 21.8 Å². The first-order valence-electron chi connectivity index (χ1n) is 14.4. The number of nitrogens with one attached hydrogen (secondary N) is 3. The molecule has 0 bridgehead atoms. The fourth-order valence-electron chi connectivity index (χ4n) is 5.78. The standard InChI is InChI=1S/C34H37N5O2/c1-39(2)32-20-33(38-31-11-7-6-10-28(31)32)36-25-12-14-26(15-13-25)37-34(40)18-24-21-35-30-17-16-27(19-29(24)30)41-22-23-8-4-3-5-9-23/h3-11,16-17,19-21,25-26,35H,12-15,18,22H2,1-2H3,(H,36,38)(H,37,40). The normalized spacial score (nSPS) is 16.9. The van der Waals surface area contributed by atoms with Crippen LogP contribution in [0.5, 0.6) is 5.75 Å². The number of para-hydroxylation sites is 1. The predicted molar refractivity (Wildman–Crippen MR) is 167 cm³/mol. The van der Waals surface area contributed by atoms with Crippen molar-refractivity contribution in [3.05, 3.63) is 96.2 Å². The molecule has 2 heterocycles. The van der Waals surface area contributed by atoms with Gasteiger partial charge in [-0.15, -0.1) is 0 Å². The van der Waals surface area contributed by atoms with Crippen molar-refractivity contribution in [3.63, 3.8) is 0 Å². The van der Waals surface area contributed by atoms with Crippen molar-refractivity contribution < 1.29 is 9.53 Å². The van der Waals surface area contributed by atoms with Crippen LogP contribution in [0, 0.1) is 0 Å². The largest absolute Gasteiger partial charge is 0.489 e. The van der Waals surface area contributed by atoms with Gasteiger partial charge in [0.1, 0.15) is 18.2 Å². The Morgan fingerprint density at radius 3 is 2.49 bits per heavy atom. The lowest BCUT2D eigenvalue weighted by Gasteiger charge is -2.30. The smallest absolute Gasteiger partial charge is 0.224 e. The van der Waals surface area contributed by atoms with Gasteiger partial charge < -0.3 is 25.3 Å². The van der Waals surface area contributed by atoms with Gasteiger partial charge in [-0.25, -0.2) is 4.98 Å². The maximum atomic E-state index is 13.0. The summed E-state index contributed by atoms with van der Waals surface area (Å²) < 4.78 is 6.02. The number of H-pyrrole nitrogens is 1. The summed E-state index contributed by atoms with van der Waals surface area (Å²) in [5.41, 5.74) is 5.27. The number of aromatic nitrogens is 2. The van der Waals surface area contributed by atoms with Gasteiger partial charge >= 0.3 is 0 Å². The Kier molecular flexibility index (Phi) is 7.76. The number of amides is 1. The average molecular weight is 548 g/mol. The van der Waals surface area contributed by atoms with Crippen LogP contribution in [0.4, 0.5) is 11.5 Å². The van der Waals surface area contributed by atoms with E-state index in [4.69, 9.17) is 9.72 Å². The molecule has 1 fully saturated rings. The van der Waals surface area contributed by atoms with E-state index < -0.39 is 0 Å². The van der Waals surface area contributed by atoms with Crippen molar-refractivity contribution in [3.8, 4) is 5.75 Å². The van der Waals surface area contributed by atoms with Crippen molar-refractivity contribution >= 4 is 39.2 Å². The first-order valence-corrected chi connectivity index (χ1v) is 14.4. The van der Waals surface area contributed by atoms with Gasteiger partial charge in [-0.05, 0) is 61.1 Å². The molecule has 210 valence electrons. The van der Waals surface area contributed by atoms with Gasteiger partial charge in [0.05, 0.1) is 11.9 Å². The molecule has 1 aliphatic carbocycles. The van der Waals surface area contributed by atoms with Crippen molar-refractivity contribution in [2.24, 2.45) is 0 Å². The monoisotopic (exact) mass is 547 g/mol. The summed E-state index contributed by atoms with van der Waals surface area (Å²) in [6.45, 7) is 0.512. The summed E-state index contributed by atoms with van der Waals surface area (Å²) in [6.07, 6.45) is 6.16. The molecule has 6 rings (SSSR count). The Balaban J connectivity index is 1.03. The maximum Gasteiger partial charge on any atom is 0.224 e. The van der Waals surface area contributed by atoms with Gasteiger partial charge in [0, 0.05) is 60.4 Å². The highest BCUT2D eigenvalue weighted by atomic mass is 16.5. The Bertz CT molecular complexity index is 1640. The van der Waals surface area contributed by atoms with E-state index in [0.717, 1.165) is 75.9 Å². The summed E-state index contributed by atoms with van der Waals surface area (Å²) in [7, 11) is 4.13. The number of anilines is 2. The number of hydrogen-bond acceptors (Lipinski definition) is 5. The minimum atomic E-state index is 0.0599. The summed E-state index contributed by atoms with van der Waals surface area (Å²) >= 11 is 0. The Labute approximate surface area is 240 Å². The molecule has 0 atom stereocenters. The molecule has 0 unspecified atom stereocenters. The molecule has 7 nitrogen and oxygen atoms in total. The molecule has 2 aromatic heterocycles. The van der Waals surface area contributed by atoms with Gasteiger partial charge in [-0.1, -0.05) is 48.5 Å². The summed E-state index contributed by atoms with van der Waals surface area (Å²) in [5, 5.41) is 9.12. The fraction of sp³-hybridized carbons (Fsp3) is 0.294. The van der Waals surface area contributed by atoms with Crippen molar-refractivity contribution in [1.29, 1.82) is 0 Å². The lowest BCUT2D eigenvalue weighted by Crippen LogP contribution is -2.40. The van der Waals surface area contributed by atoms with Crippen LogP contribution in [0.2, 0.25) is 0 Å². The number of rotatable bonds is 9. The van der Waals surface area contributed by atoms with Gasteiger partial charge in [-0.2, -0.15) is 0 Å². The summed E-state index contributed by atoms with van der Waals surface area (Å²) in [5.74, 6) is 1.77. The molecule has 41 heavy (non-hydrogen) atoms. The van der Waals surface area contributed by atoms with Crippen molar-refractivity contribution in [2.45, 2.75) is 50.8 Å². The van der Waals surface area contributed by atoms with Crippen LogP contribution in [-0.4, -0.2) is 42.1 Å². The number of aromatic amines is 1. The molecule has 0 saturated heterocycles. The lowest BCUT2D eigenvalue weighted by atomic mass is 9.91. The third kappa shape index (κ3) is 6.30.